The molecule has 1 amide bonds. The number of benzene rings is 2. The van der Waals surface area contributed by atoms with Crippen LogP contribution in [0.25, 0.3) is 0 Å². The molecule has 0 atom stereocenters. The lowest BCUT2D eigenvalue weighted by molar-refractivity contribution is -0.117. The number of carbonyl (C=O) groups excluding carboxylic acids is 1. The van der Waals surface area contributed by atoms with E-state index < -0.39 is 0 Å². The number of aliphatic imine (C=N–C) groups is 1. The highest BCUT2D eigenvalue weighted by Gasteiger charge is 2.21. The SMILES string of the molecule is CCNC(=NCc1ccc(N2CCCC2=O)cc1)Nc1ccc2c(c1)OCCCO2.I. The molecule has 1 fully saturated rings. The van der Waals surface area contributed by atoms with Gasteiger partial charge in [0.15, 0.2) is 17.5 Å². The van der Waals surface area contributed by atoms with E-state index >= 15 is 0 Å². The van der Waals surface area contributed by atoms with E-state index in [9.17, 15) is 4.79 Å². The van der Waals surface area contributed by atoms with Crippen LogP contribution in [0.15, 0.2) is 47.5 Å². The van der Waals surface area contributed by atoms with Crippen molar-refractivity contribution >= 4 is 47.2 Å². The molecular formula is C23H29IN4O3. The van der Waals surface area contributed by atoms with E-state index in [1.165, 1.54) is 0 Å². The Bertz CT molecular complexity index is 918. The van der Waals surface area contributed by atoms with Gasteiger partial charge >= 0.3 is 0 Å². The summed E-state index contributed by atoms with van der Waals surface area (Å²) in [5.41, 5.74) is 2.94. The fraction of sp³-hybridized carbons (Fsp3) is 0.391. The number of rotatable bonds is 5. The quantitative estimate of drug-likeness (QED) is 0.341. The molecule has 0 radical (unpaired) electrons. The highest BCUT2D eigenvalue weighted by Crippen LogP contribution is 2.32. The van der Waals surface area contributed by atoms with Gasteiger partial charge in [0.05, 0.1) is 19.8 Å². The number of anilines is 2. The lowest BCUT2D eigenvalue weighted by atomic mass is 10.2. The largest absolute Gasteiger partial charge is 0.490 e. The molecule has 0 aromatic heterocycles. The van der Waals surface area contributed by atoms with Crippen molar-refractivity contribution in [2.75, 3.05) is 36.5 Å². The highest BCUT2D eigenvalue weighted by molar-refractivity contribution is 14.0. The Morgan fingerprint density at radius 3 is 2.55 bits per heavy atom. The molecule has 4 rings (SSSR count). The van der Waals surface area contributed by atoms with Crippen molar-refractivity contribution in [1.82, 2.24) is 5.32 Å². The van der Waals surface area contributed by atoms with Gasteiger partial charge in [0.2, 0.25) is 5.91 Å². The smallest absolute Gasteiger partial charge is 0.227 e. The van der Waals surface area contributed by atoms with Crippen LogP contribution in [0.4, 0.5) is 11.4 Å². The molecule has 0 aliphatic carbocycles. The van der Waals surface area contributed by atoms with Gasteiger partial charge in [-0.1, -0.05) is 12.1 Å². The number of hydrogen-bond donors (Lipinski definition) is 2. The van der Waals surface area contributed by atoms with Crippen molar-refractivity contribution in [1.29, 1.82) is 0 Å². The summed E-state index contributed by atoms with van der Waals surface area (Å²) in [6.07, 6.45) is 2.46. The van der Waals surface area contributed by atoms with Gasteiger partial charge in [0.25, 0.3) is 0 Å². The Morgan fingerprint density at radius 2 is 1.84 bits per heavy atom. The molecule has 0 unspecified atom stereocenters. The third kappa shape index (κ3) is 6.03. The van der Waals surface area contributed by atoms with Gasteiger partial charge in [-0.2, -0.15) is 0 Å². The zero-order valence-electron chi connectivity index (χ0n) is 17.7. The Balaban J connectivity index is 0.00000272. The summed E-state index contributed by atoms with van der Waals surface area (Å²) in [4.78, 5) is 18.4. The van der Waals surface area contributed by atoms with Gasteiger partial charge in [0, 0.05) is 43.4 Å². The standard InChI is InChI=1S/C23H28N4O3.HI/c1-2-24-23(26-18-8-11-20-21(15-18)30-14-4-13-29-20)25-16-17-6-9-19(10-7-17)27-12-3-5-22(27)28;/h6-11,15H,2-5,12-14,16H2,1H3,(H2,24,25,26);1H. The number of fused-ring (bicyclic) bond motifs is 1. The molecule has 2 N–H and O–H groups in total. The predicted octanol–water partition coefficient (Wildman–Crippen LogP) is 4.17. The average Bonchev–Trinajstić information content (AvgIpc) is 3.05. The van der Waals surface area contributed by atoms with E-state index in [-0.39, 0.29) is 29.9 Å². The fourth-order valence-electron chi connectivity index (χ4n) is 3.56. The van der Waals surface area contributed by atoms with Crippen LogP contribution in [0.3, 0.4) is 0 Å². The molecule has 31 heavy (non-hydrogen) atoms. The predicted molar refractivity (Wildman–Crippen MR) is 134 cm³/mol. The summed E-state index contributed by atoms with van der Waals surface area (Å²) in [5.74, 6) is 2.43. The molecule has 2 aromatic rings. The second kappa shape index (κ2) is 11.2. The molecule has 0 spiro atoms. The number of hydrogen-bond acceptors (Lipinski definition) is 4. The minimum atomic E-state index is 0. The molecular weight excluding hydrogens is 507 g/mol. The Labute approximate surface area is 200 Å². The monoisotopic (exact) mass is 536 g/mol. The molecule has 0 bridgehead atoms. The maximum atomic E-state index is 11.9. The van der Waals surface area contributed by atoms with Crippen molar-refractivity contribution in [3.8, 4) is 11.5 Å². The first-order chi connectivity index (χ1) is 14.7. The normalized spacial score (nSPS) is 15.8. The number of nitrogens with zero attached hydrogens (tertiary/aromatic N) is 2. The number of carbonyl (C=O) groups is 1. The second-order valence-electron chi connectivity index (χ2n) is 7.35. The molecule has 2 aliphatic heterocycles. The van der Waals surface area contributed by atoms with E-state index in [2.05, 4.69) is 10.6 Å². The highest BCUT2D eigenvalue weighted by atomic mass is 127. The third-order valence-electron chi connectivity index (χ3n) is 5.10. The summed E-state index contributed by atoms with van der Waals surface area (Å²) in [6.45, 7) is 5.46. The Hall–Kier alpha value is -2.49. The zero-order chi connectivity index (χ0) is 20.8. The van der Waals surface area contributed by atoms with E-state index in [1.54, 1.807) is 0 Å². The number of guanidine groups is 1. The maximum Gasteiger partial charge on any atom is 0.227 e. The van der Waals surface area contributed by atoms with Crippen LogP contribution in [0, 0.1) is 0 Å². The lowest BCUT2D eigenvalue weighted by Crippen LogP contribution is -2.30. The molecule has 1 saturated heterocycles. The van der Waals surface area contributed by atoms with Crippen LogP contribution < -0.4 is 25.0 Å². The molecule has 8 heteroatoms. The summed E-state index contributed by atoms with van der Waals surface area (Å²) in [7, 11) is 0. The van der Waals surface area contributed by atoms with Gasteiger partial charge < -0.3 is 25.0 Å². The number of amides is 1. The van der Waals surface area contributed by atoms with Gasteiger partial charge in [-0.25, -0.2) is 4.99 Å². The summed E-state index contributed by atoms with van der Waals surface area (Å²) < 4.78 is 11.5. The van der Waals surface area contributed by atoms with Crippen LogP contribution in [0.5, 0.6) is 11.5 Å². The van der Waals surface area contributed by atoms with Crippen molar-refractivity contribution in [3.63, 3.8) is 0 Å². The summed E-state index contributed by atoms with van der Waals surface area (Å²) >= 11 is 0. The maximum absolute atomic E-state index is 11.9. The zero-order valence-corrected chi connectivity index (χ0v) is 20.1. The number of halogens is 1. The lowest BCUT2D eigenvalue weighted by Gasteiger charge is -2.16. The molecule has 0 saturated carbocycles. The van der Waals surface area contributed by atoms with Crippen molar-refractivity contribution in [2.24, 2.45) is 4.99 Å². The van der Waals surface area contributed by atoms with E-state index in [0.717, 1.165) is 54.4 Å². The minimum Gasteiger partial charge on any atom is -0.490 e. The summed E-state index contributed by atoms with van der Waals surface area (Å²) in [6, 6.07) is 13.9. The van der Waals surface area contributed by atoms with Crippen molar-refractivity contribution in [2.45, 2.75) is 32.7 Å². The van der Waals surface area contributed by atoms with Gasteiger partial charge in [-0.15, -0.1) is 24.0 Å². The molecule has 2 aliphatic rings. The van der Waals surface area contributed by atoms with Gasteiger partial charge in [-0.3, -0.25) is 4.79 Å². The summed E-state index contributed by atoms with van der Waals surface area (Å²) in [5, 5.41) is 6.60. The van der Waals surface area contributed by atoms with Crippen molar-refractivity contribution < 1.29 is 14.3 Å². The first-order valence-electron chi connectivity index (χ1n) is 10.6. The molecule has 2 heterocycles. The number of nitrogens with one attached hydrogen (secondary N) is 2. The Morgan fingerprint density at radius 1 is 1.06 bits per heavy atom. The molecule has 2 aromatic carbocycles. The molecule has 7 nitrogen and oxygen atoms in total. The first-order valence-corrected chi connectivity index (χ1v) is 10.6. The van der Waals surface area contributed by atoms with Crippen LogP contribution in [-0.4, -0.2) is 38.2 Å². The topological polar surface area (TPSA) is 75.2 Å². The van der Waals surface area contributed by atoms with Crippen molar-refractivity contribution in [3.05, 3.63) is 48.0 Å². The Kier molecular flexibility index (Phi) is 8.39. The molecule has 166 valence electrons. The average molecular weight is 536 g/mol. The van der Waals surface area contributed by atoms with Gasteiger partial charge in [0.1, 0.15) is 0 Å². The van der Waals surface area contributed by atoms with Crippen LogP contribution >= 0.6 is 24.0 Å². The third-order valence-corrected chi connectivity index (χ3v) is 5.10. The van der Waals surface area contributed by atoms with Crippen LogP contribution in [0.2, 0.25) is 0 Å². The van der Waals surface area contributed by atoms with Crippen LogP contribution in [-0.2, 0) is 11.3 Å². The van der Waals surface area contributed by atoms with E-state index in [1.807, 2.05) is 54.3 Å². The number of ether oxygens (including phenoxy) is 2. The van der Waals surface area contributed by atoms with Gasteiger partial charge in [-0.05, 0) is 43.2 Å². The fourth-order valence-corrected chi connectivity index (χ4v) is 3.56. The van der Waals surface area contributed by atoms with E-state index in [4.69, 9.17) is 14.5 Å². The van der Waals surface area contributed by atoms with E-state index in [0.29, 0.717) is 32.1 Å². The first kappa shape index (κ1) is 23.2. The second-order valence-corrected chi connectivity index (χ2v) is 7.35. The van der Waals surface area contributed by atoms with Crippen LogP contribution in [0.1, 0.15) is 31.7 Å². The minimum absolute atomic E-state index is 0.